The molecule has 3 N–H and O–H groups in total. The van der Waals surface area contributed by atoms with Crippen molar-refractivity contribution in [2.45, 2.75) is 12.3 Å². The summed E-state index contributed by atoms with van der Waals surface area (Å²) in [4.78, 5) is 12.2. The number of aromatic nitrogens is 1. The zero-order valence-electron chi connectivity index (χ0n) is 18.3. The van der Waals surface area contributed by atoms with E-state index in [0.29, 0.717) is 56.8 Å². The lowest BCUT2D eigenvalue weighted by molar-refractivity contribution is -0.115. The number of nitrogen functional groups attached to an aromatic ring is 1. The molecule has 0 saturated carbocycles. The molecule has 1 amide bonds. The maximum Gasteiger partial charge on any atom is 0.242 e. The number of hydrogen-bond acceptors (Lipinski definition) is 8. The molecule has 0 aliphatic rings. The van der Waals surface area contributed by atoms with Crippen LogP contribution in [0.4, 0.5) is 11.4 Å². The zero-order valence-corrected chi connectivity index (χ0v) is 19.1. The summed E-state index contributed by atoms with van der Waals surface area (Å²) in [5, 5.41) is 5.94. The highest BCUT2D eigenvalue weighted by atomic mass is 35.5. The van der Waals surface area contributed by atoms with Crippen molar-refractivity contribution in [2.24, 2.45) is 0 Å². The number of carbonyl (C=O) groups excluding carboxylic acids is 1. The molecule has 1 unspecified atom stereocenters. The molecule has 0 spiro atoms. The Morgan fingerprint density at radius 3 is 2.16 bits per heavy atom. The van der Waals surface area contributed by atoms with Crippen LogP contribution >= 0.6 is 11.6 Å². The van der Waals surface area contributed by atoms with Crippen LogP contribution in [0.5, 0.6) is 23.0 Å². The van der Waals surface area contributed by atoms with E-state index in [0.717, 1.165) is 0 Å². The van der Waals surface area contributed by atoms with Crippen molar-refractivity contribution in [1.29, 1.82) is 0 Å². The Balaban J connectivity index is 2.15. The molecule has 10 heteroatoms. The molecule has 1 aromatic heterocycles. The fourth-order valence-electron chi connectivity index (χ4n) is 3.23. The number of alkyl halides is 1. The van der Waals surface area contributed by atoms with Gasteiger partial charge in [0.1, 0.15) is 5.38 Å². The van der Waals surface area contributed by atoms with Gasteiger partial charge in [-0.15, -0.1) is 11.6 Å². The molecular formula is C22H24ClN3O6. The van der Waals surface area contributed by atoms with Gasteiger partial charge in [-0.3, -0.25) is 4.79 Å². The molecule has 3 aromatic rings. The third-order valence-corrected chi connectivity index (χ3v) is 4.95. The highest BCUT2D eigenvalue weighted by Gasteiger charge is 2.22. The van der Waals surface area contributed by atoms with E-state index in [1.165, 1.54) is 28.4 Å². The van der Waals surface area contributed by atoms with Crippen molar-refractivity contribution in [3.05, 3.63) is 30.5 Å². The van der Waals surface area contributed by atoms with E-state index in [-0.39, 0.29) is 0 Å². The molecule has 0 saturated heterocycles. The average Bonchev–Trinajstić information content (AvgIpc) is 3.27. The maximum atomic E-state index is 12.2. The van der Waals surface area contributed by atoms with E-state index < -0.39 is 11.3 Å². The summed E-state index contributed by atoms with van der Waals surface area (Å²) in [6, 6.07) is 6.90. The Morgan fingerprint density at radius 1 is 1.00 bits per heavy atom. The van der Waals surface area contributed by atoms with E-state index in [4.69, 9.17) is 40.8 Å². The second-order valence-corrected chi connectivity index (χ2v) is 7.39. The van der Waals surface area contributed by atoms with E-state index >= 15 is 0 Å². The number of carbonyl (C=O) groups is 1. The normalized spacial score (nSPS) is 11.6. The first-order valence-electron chi connectivity index (χ1n) is 9.52. The van der Waals surface area contributed by atoms with Gasteiger partial charge in [0.15, 0.2) is 23.0 Å². The molecule has 0 radical (unpaired) electrons. The van der Waals surface area contributed by atoms with Gasteiger partial charge in [-0.05, 0) is 36.8 Å². The highest BCUT2D eigenvalue weighted by molar-refractivity contribution is 6.32. The monoisotopic (exact) mass is 461 g/mol. The summed E-state index contributed by atoms with van der Waals surface area (Å²) < 4.78 is 27.2. The number of nitrogens with zero attached hydrogens (tertiary/aromatic N) is 1. The lowest BCUT2D eigenvalue weighted by Gasteiger charge is -2.16. The van der Waals surface area contributed by atoms with Gasteiger partial charge in [0.05, 0.1) is 46.0 Å². The number of anilines is 2. The fraction of sp³-hybridized carbons (Fsp3) is 0.273. The SMILES string of the molecule is COc1cc(-c2oncc2-c2cc(N)c(OC)c(NC(=O)C(C)Cl)c2)cc(OC)c1OC. The van der Waals surface area contributed by atoms with Crippen LogP contribution in [0.25, 0.3) is 22.5 Å². The molecule has 1 atom stereocenters. The number of ether oxygens (including phenoxy) is 4. The predicted molar refractivity (Wildman–Crippen MR) is 122 cm³/mol. The Labute approximate surface area is 190 Å². The van der Waals surface area contributed by atoms with Crippen molar-refractivity contribution >= 4 is 28.9 Å². The summed E-state index contributed by atoms with van der Waals surface area (Å²) >= 11 is 5.90. The second-order valence-electron chi connectivity index (χ2n) is 6.73. The van der Waals surface area contributed by atoms with Crippen LogP contribution < -0.4 is 30.0 Å². The zero-order chi connectivity index (χ0) is 23.4. The van der Waals surface area contributed by atoms with Crippen molar-refractivity contribution < 1.29 is 28.3 Å². The van der Waals surface area contributed by atoms with Gasteiger partial charge in [0.25, 0.3) is 0 Å². The molecule has 170 valence electrons. The van der Waals surface area contributed by atoms with Crippen LogP contribution in [0.3, 0.4) is 0 Å². The van der Waals surface area contributed by atoms with E-state index in [9.17, 15) is 4.79 Å². The molecule has 2 aromatic carbocycles. The van der Waals surface area contributed by atoms with Crippen LogP contribution in [0.15, 0.2) is 35.0 Å². The van der Waals surface area contributed by atoms with Gasteiger partial charge in [0, 0.05) is 11.1 Å². The van der Waals surface area contributed by atoms with E-state index in [2.05, 4.69) is 10.5 Å². The van der Waals surface area contributed by atoms with Crippen LogP contribution in [0.2, 0.25) is 0 Å². The van der Waals surface area contributed by atoms with E-state index in [1.807, 2.05) is 0 Å². The smallest absolute Gasteiger partial charge is 0.242 e. The summed E-state index contributed by atoms with van der Waals surface area (Å²) in [6.45, 7) is 1.57. The molecule has 1 heterocycles. The molecule has 3 rings (SSSR count). The third-order valence-electron chi connectivity index (χ3n) is 4.75. The largest absolute Gasteiger partial charge is 0.493 e. The van der Waals surface area contributed by atoms with Gasteiger partial charge < -0.3 is 34.5 Å². The minimum atomic E-state index is -0.741. The van der Waals surface area contributed by atoms with Crippen molar-refractivity contribution in [3.8, 4) is 45.4 Å². The third kappa shape index (κ3) is 4.38. The Kier molecular flexibility index (Phi) is 6.99. The van der Waals surface area contributed by atoms with Crippen LogP contribution in [0.1, 0.15) is 6.92 Å². The predicted octanol–water partition coefficient (Wildman–Crippen LogP) is 4.19. The summed E-state index contributed by atoms with van der Waals surface area (Å²) in [5.41, 5.74) is 8.80. The highest BCUT2D eigenvalue weighted by Crippen LogP contribution is 2.44. The van der Waals surface area contributed by atoms with Gasteiger partial charge in [-0.25, -0.2) is 0 Å². The molecule has 9 nitrogen and oxygen atoms in total. The molecule has 0 aliphatic carbocycles. The molecule has 0 bridgehead atoms. The first-order valence-corrected chi connectivity index (χ1v) is 9.96. The van der Waals surface area contributed by atoms with E-state index in [1.54, 1.807) is 37.4 Å². The number of halogens is 1. The first-order chi connectivity index (χ1) is 15.3. The average molecular weight is 462 g/mol. The van der Waals surface area contributed by atoms with Crippen molar-refractivity contribution in [2.75, 3.05) is 39.5 Å². The summed E-state index contributed by atoms with van der Waals surface area (Å²) in [5.74, 6) is 1.75. The number of amides is 1. The number of nitrogens with two attached hydrogens (primary N) is 1. The van der Waals surface area contributed by atoms with Gasteiger partial charge in [-0.2, -0.15) is 0 Å². The van der Waals surface area contributed by atoms with Crippen molar-refractivity contribution in [3.63, 3.8) is 0 Å². The standard InChI is InChI=1S/C22H24ClN3O6/c1-11(23)22(27)26-16-7-12(6-15(24)20(16)30-4)14-10-25-32-19(14)13-8-17(28-2)21(31-5)18(9-13)29-3/h6-11H,24H2,1-5H3,(H,26,27). The van der Waals surface area contributed by atoms with Crippen molar-refractivity contribution in [1.82, 2.24) is 5.16 Å². The fourth-order valence-corrected chi connectivity index (χ4v) is 3.28. The van der Waals surface area contributed by atoms with Crippen LogP contribution in [0, 0.1) is 0 Å². The number of rotatable bonds is 8. The molecule has 32 heavy (non-hydrogen) atoms. The summed E-state index contributed by atoms with van der Waals surface area (Å²) in [7, 11) is 6.04. The van der Waals surface area contributed by atoms with Crippen LogP contribution in [-0.2, 0) is 4.79 Å². The van der Waals surface area contributed by atoms with Crippen LogP contribution in [-0.4, -0.2) is 44.9 Å². The quantitative estimate of drug-likeness (QED) is 0.378. The van der Waals surface area contributed by atoms with Gasteiger partial charge >= 0.3 is 0 Å². The number of hydrogen-bond donors (Lipinski definition) is 2. The lowest BCUT2D eigenvalue weighted by atomic mass is 10.00. The molecule has 0 aliphatic heterocycles. The Bertz CT molecular complexity index is 1100. The lowest BCUT2D eigenvalue weighted by Crippen LogP contribution is -2.21. The number of methoxy groups -OCH3 is 4. The number of benzene rings is 2. The Morgan fingerprint density at radius 2 is 1.62 bits per heavy atom. The van der Waals surface area contributed by atoms with Gasteiger partial charge in [-0.1, -0.05) is 5.16 Å². The van der Waals surface area contributed by atoms with Gasteiger partial charge in [0.2, 0.25) is 11.7 Å². The first kappa shape index (κ1) is 23.1. The maximum absolute atomic E-state index is 12.2. The topological polar surface area (TPSA) is 118 Å². The second kappa shape index (κ2) is 9.69. The minimum absolute atomic E-state index is 0.319. The Hall–Kier alpha value is -3.59. The molecule has 0 fully saturated rings. The number of nitrogens with one attached hydrogen (secondary N) is 1. The summed E-state index contributed by atoms with van der Waals surface area (Å²) in [6.07, 6.45) is 1.55. The molecular weight excluding hydrogens is 438 g/mol. The minimum Gasteiger partial charge on any atom is -0.493 e.